The molecule has 16 nitrogen and oxygen atoms in total. The van der Waals surface area contributed by atoms with Crippen molar-refractivity contribution < 1.29 is 60.9 Å². The Bertz CT molecular complexity index is 1110. The molecule has 0 amide bonds. The van der Waals surface area contributed by atoms with Crippen molar-refractivity contribution >= 4 is 47.1 Å². The molecule has 186 valence electrons. The van der Waals surface area contributed by atoms with Crippen molar-refractivity contribution in [1.82, 2.24) is 9.97 Å². The van der Waals surface area contributed by atoms with E-state index in [4.69, 9.17) is 25.4 Å². The van der Waals surface area contributed by atoms with E-state index >= 15 is 0 Å². The van der Waals surface area contributed by atoms with E-state index in [-0.39, 0.29) is 12.9 Å². The van der Waals surface area contributed by atoms with Crippen LogP contribution in [0.3, 0.4) is 0 Å². The van der Waals surface area contributed by atoms with Crippen molar-refractivity contribution in [3.8, 4) is 0 Å². The maximum absolute atomic E-state index is 11.7. The molecule has 0 aliphatic rings. The molecule has 0 saturated heterocycles. The van der Waals surface area contributed by atoms with E-state index in [1.165, 1.54) is 11.3 Å². The van der Waals surface area contributed by atoms with Gasteiger partial charge in [0, 0.05) is 19.5 Å². The Labute approximate surface area is 191 Å². The smallest absolute Gasteiger partial charge is 0.487 e. The Morgan fingerprint density at radius 1 is 1.21 bits per heavy atom. The number of hydrogen-bond acceptors (Lipinski definition) is 12. The van der Waals surface area contributed by atoms with Gasteiger partial charge in [0.15, 0.2) is 12.2 Å². The molecular formula is C13H21N4O12P3S. The number of phosphoric ester groups is 1. The minimum atomic E-state index is -5.68. The summed E-state index contributed by atoms with van der Waals surface area (Å²) in [6.07, 6.45) is 1.75. The van der Waals surface area contributed by atoms with Gasteiger partial charge in [-0.3, -0.25) is 13.9 Å². The van der Waals surface area contributed by atoms with Crippen LogP contribution >= 0.6 is 34.8 Å². The number of nitrogens with two attached hydrogens (primary N) is 1. The van der Waals surface area contributed by atoms with Crippen molar-refractivity contribution in [2.45, 2.75) is 26.8 Å². The summed E-state index contributed by atoms with van der Waals surface area (Å²) in [5, 5.41) is 6.89. The van der Waals surface area contributed by atoms with Crippen molar-refractivity contribution in [3.05, 3.63) is 33.7 Å². The topological polar surface area (TPSA) is 256 Å². The van der Waals surface area contributed by atoms with E-state index in [0.29, 0.717) is 23.8 Å². The number of nitrogens with zero attached hydrogens (tertiary/aromatic N) is 3. The van der Waals surface area contributed by atoms with Gasteiger partial charge in [-0.05, 0) is 6.92 Å². The third-order valence-electron chi connectivity index (χ3n) is 3.51. The number of aryl methyl sites for hydroxylation is 1. The number of rotatable bonds is 10. The highest BCUT2D eigenvalue weighted by molar-refractivity contribution is 7.66. The van der Waals surface area contributed by atoms with E-state index in [1.807, 2.05) is 4.57 Å². The zero-order valence-electron chi connectivity index (χ0n) is 17.1. The average Bonchev–Trinajstić information content (AvgIpc) is 2.95. The van der Waals surface area contributed by atoms with Crippen LogP contribution in [0.15, 0.2) is 11.7 Å². The number of thiazole rings is 1. The second kappa shape index (κ2) is 12.2. The van der Waals surface area contributed by atoms with Crippen LogP contribution in [0, 0.1) is 13.8 Å². The molecule has 0 aliphatic carbocycles. The Hall–Kier alpha value is -1.61. The molecular weight excluding hydrogens is 529 g/mol. The van der Waals surface area contributed by atoms with E-state index in [1.54, 1.807) is 25.6 Å². The summed E-state index contributed by atoms with van der Waals surface area (Å²) in [6.45, 7) is 3.27. The molecule has 0 spiro atoms. The number of carboxylic acid groups (broad SMARTS) is 1. The first-order chi connectivity index (χ1) is 15.1. The second-order valence-electron chi connectivity index (χ2n) is 5.95. The number of phosphoric acid groups is 3. The van der Waals surface area contributed by atoms with Gasteiger partial charge in [-0.25, -0.2) is 23.4 Å². The van der Waals surface area contributed by atoms with Crippen molar-refractivity contribution in [3.63, 3.8) is 0 Å². The van der Waals surface area contributed by atoms with Crippen LogP contribution in [-0.4, -0.2) is 42.8 Å². The molecule has 2 aromatic rings. The van der Waals surface area contributed by atoms with Crippen LogP contribution in [0.2, 0.25) is 0 Å². The van der Waals surface area contributed by atoms with E-state index in [9.17, 15) is 23.5 Å². The maximum atomic E-state index is 11.7. The second-order valence-corrected chi connectivity index (χ2v) is 11.3. The minimum absolute atomic E-state index is 0.133. The first-order valence-electron chi connectivity index (χ1n) is 8.48. The molecule has 2 aromatic heterocycles. The fourth-order valence-electron chi connectivity index (χ4n) is 2.22. The molecule has 3 unspecified atom stereocenters. The van der Waals surface area contributed by atoms with Gasteiger partial charge in [0.2, 0.25) is 5.51 Å². The first-order valence-corrected chi connectivity index (χ1v) is 13.8. The summed E-state index contributed by atoms with van der Waals surface area (Å²) in [5.74, 6) is 0.900. The summed E-state index contributed by atoms with van der Waals surface area (Å²) >= 11 is 1.33. The monoisotopic (exact) mass is 550 g/mol. The van der Waals surface area contributed by atoms with Crippen molar-refractivity contribution in [2.24, 2.45) is 0 Å². The van der Waals surface area contributed by atoms with Crippen LogP contribution < -0.4 is 15.2 Å². The highest BCUT2D eigenvalue weighted by Crippen LogP contribution is 2.65. The van der Waals surface area contributed by atoms with Crippen LogP contribution in [0.25, 0.3) is 0 Å². The van der Waals surface area contributed by atoms with Gasteiger partial charge in [-0.15, -0.1) is 0 Å². The molecule has 0 saturated carbocycles. The lowest BCUT2D eigenvalue weighted by Crippen LogP contribution is -2.35. The number of carbonyl (C=O) groups is 1. The fourth-order valence-corrected chi connectivity index (χ4v) is 6.18. The molecule has 3 atom stereocenters. The highest BCUT2D eigenvalue weighted by Gasteiger charge is 2.38. The largest absolute Gasteiger partial charge is 0.756 e. The molecule has 0 radical (unpaired) electrons. The van der Waals surface area contributed by atoms with Crippen LogP contribution in [-0.2, 0) is 44.6 Å². The Morgan fingerprint density at radius 2 is 1.82 bits per heavy atom. The first kappa shape index (κ1) is 29.4. The van der Waals surface area contributed by atoms with E-state index in [2.05, 4.69) is 23.1 Å². The fraction of sp³-hybridized carbons (Fsp3) is 0.385. The zero-order valence-corrected chi connectivity index (χ0v) is 20.6. The summed E-state index contributed by atoms with van der Waals surface area (Å²) in [5.41, 5.74) is 9.19. The van der Waals surface area contributed by atoms with E-state index < -0.39 is 30.1 Å². The third kappa shape index (κ3) is 10.9. The van der Waals surface area contributed by atoms with Crippen molar-refractivity contribution in [2.75, 3.05) is 12.3 Å². The predicted octanol–water partition coefficient (Wildman–Crippen LogP) is 0.0275. The minimum Gasteiger partial charge on any atom is -0.756 e. The molecule has 6 N–H and O–H groups in total. The summed E-state index contributed by atoms with van der Waals surface area (Å²) in [4.78, 5) is 54.7. The Balaban J connectivity index is 0.00000172. The van der Waals surface area contributed by atoms with Gasteiger partial charge in [-0.1, -0.05) is 11.3 Å². The van der Waals surface area contributed by atoms with Crippen molar-refractivity contribution in [1.29, 1.82) is 0 Å². The highest BCUT2D eigenvalue weighted by atomic mass is 32.1. The van der Waals surface area contributed by atoms with E-state index in [0.717, 1.165) is 10.6 Å². The number of aromatic nitrogens is 3. The number of hydrogen-bond donors (Lipinski definition) is 5. The van der Waals surface area contributed by atoms with Crippen LogP contribution in [0.1, 0.15) is 22.0 Å². The van der Waals surface area contributed by atoms with Crippen LogP contribution in [0.5, 0.6) is 0 Å². The third-order valence-corrected chi connectivity index (χ3v) is 8.47. The SMILES string of the molecule is Cc1ncc(C[n+]2csc(CCOP(=O)(O)OP(=O)(O)OP(=O)([O-])O)c2C)c(N)n1.O=CO. The average molecular weight is 550 g/mol. The lowest BCUT2D eigenvalue weighted by Gasteiger charge is -2.20. The van der Waals surface area contributed by atoms with Gasteiger partial charge in [0.25, 0.3) is 14.3 Å². The molecule has 0 aliphatic heterocycles. The standard InChI is InChI=1S/C12H19N4O10P3S.CH2O2/c1-8-11(30-7-16(8)6-10-5-14-9(2)15-12(10)13)3-4-24-28(20,21)26-29(22,23)25-27(17,18)19;2-1-3/h5,7H,3-4,6H2,1-2H3,(H5-,13,14,15,17,18,19,20,21,22,23);1H,(H,2,3). The molecule has 33 heavy (non-hydrogen) atoms. The molecule has 0 aromatic carbocycles. The molecule has 2 rings (SSSR count). The van der Waals surface area contributed by atoms with Gasteiger partial charge in [-0.2, -0.15) is 8.88 Å². The van der Waals surface area contributed by atoms with Gasteiger partial charge < -0.3 is 30.4 Å². The molecule has 0 fully saturated rings. The Kier molecular flexibility index (Phi) is 10.9. The summed E-state index contributed by atoms with van der Waals surface area (Å²) in [7, 11) is -16.4. The maximum Gasteiger partial charge on any atom is 0.487 e. The lowest BCUT2D eigenvalue weighted by atomic mass is 10.2. The summed E-state index contributed by atoms with van der Waals surface area (Å²) in [6, 6.07) is 0. The zero-order chi connectivity index (χ0) is 25.4. The van der Waals surface area contributed by atoms with Gasteiger partial charge in [0.05, 0.1) is 17.0 Å². The number of anilines is 1. The molecule has 0 bridgehead atoms. The predicted molar refractivity (Wildman–Crippen MR) is 110 cm³/mol. The summed E-state index contributed by atoms with van der Waals surface area (Å²) < 4.78 is 47.0. The molecule has 2 heterocycles. The molecule has 20 heteroatoms. The van der Waals surface area contributed by atoms with Gasteiger partial charge >= 0.3 is 15.6 Å². The number of nitrogen functional groups attached to an aromatic ring is 1. The lowest BCUT2D eigenvalue weighted by molar-refractivity contribution is -0.689. The van der Waals surface area contributed by atoms with Crippen LogP contribution in [0.4, 0.5) is 5.82 Å². The van der Waals surface area contributed by atoms with Gasteiger partial charge in [0.1, 0.15) is 11.6 Å². The normalized spacial score (nSPS) is 16.5. The Morgan fingerprint density at radius 3 is 2.36 bits per heavy atom. The quantitative estimate of drug-likeness (QED) is 0.148.